The molecule has 4 rings (SSSR count). The van der Waals surface area contributed by atoms with Crippen LogP contribution in [0.15, 0.2) is 0 Å². The summed E-state index contributed by atoms with van der Waals surface area (Å²) >= 11 is 0. The molecule has 2 unspecified atom stereocenters. The van der Waals surface area contributed by atoms with Crippen LogP contribution in [0, 0.1) is 11.3 Å². The fourth-order valence-electron chi connectivity index (χ4n) is 6.81. The Kier molecular flexibility index (Phi) is 7.35. The third-order valence-electron chi connectivity index (χ3n) is 9.21. The highest BCUT2D eigenvalue weighted by Gasteiger charge is 2.50. The molecule has 7 heteroatoms. The summed E-state index contributed by atoms with van der Waals surface area (Å²) in [5, 5.41) is 2.84. The van der Waals surface area contributed by atoms with Gasteiger partial charge in [0.05, 0.1) is 0 Å². The zero-order valence-corrected chi connectivity index (χ0v) is 20.4. The Morgan fingerprint density at radius 2 is 1.53 bits per heavy atom. The van der Waals surface area contributed by atoms with E-state index in [2.05, 4.69) is 35.9 Å². The van der Waals surface area contributed by atoms with Crippen molar-refractivity contribution in [2.24, 2.45) is 11.3 Å². The van der Waals surface area contributed by atoms with Gasteiger partial charge in [-0.3, -0.25) is 9.80 Å². The summed E-state index contributed by atoms with van der Waals surface area (Å²) < 4.78 is 30.1. The van der Waals surface area contributed by atoms with Crippen LogP contribution in [0.1, 0.15) is 78.6 Å². The average Bonchev–Trinajstić information content (AvgIpc) is 3.31. The van der Waals surface area contributed by atoms with Crippen molar-refractivity contribution in [2.45, 2.75) is 103 Å². The van der Waals surface area contributed by atoms with Crippen LogP contribution in [0.4, 0.5) is 13.6 Å². The minimum atomic E-state index is -2.85. The molecule has 2 saturated heterocycles. The first kappa shape index (κ1) is 24.2. The van der Waals surface area contributed by atoms with E-state index in [1.165, 1.54) is 25.7 Å². The normalized spacial score (nSPS) is 32.4. The van der Waals surface area contributed by atoms with Crippen molar-refractivity contribution in [3.63, 3.8) is 0 Å². The summed E-state index contributed by atoms with van der Waals surface area (Å²) in [6, 6.07) is -1.16. The number of alkyl halides is 2. The van der Waals surface area contributed by atoms with Crippen LogP contribution in [0.5, 0.6) is 0 Å². The Bertz CT molecular complexity index is 636. The third-order valence-corrected chi connectivity index (χ3v) is 9.21. The van der Waals surface area contributed by atoms with E-state index in [0.717, 1.165) is 51.4 Å². The van der Waals surface area contributed by atoms with Crippen molar-refractivity contribution in [2.75, 3.05) is 39.3 Å². The number of hydrogen-bond donors (Lipinski definition) is 1. The number of nitrogens with one attached hydrogen (secondary N) is 1. The highest BCUT2D eigenvalue weighted by atomic mass is 19.3. The van der Waals surface area contributed by atoms with Gasteiger partial charge in [-0.1, -0.05) is 19.8 Å². The molecule has 0 bridgehead atoms. The predicted molar refractivity (Wildman–Crippen MR) is 124 cm³/mol. The first-order chi connectivity index (χ1) is 15.2. The molecule has 2 saturated carbocycles. The maximum Gasteiger partial charge on any atom is 0.317 e. The molecule has 0 spiro atoms. The molecule has 0 aromatic heterocycles. The van der Waals surface area contributed by atoms with Crippen LogP contribution in [0.3, 0.4) is 0 Å². The second kappa shape index (κ2) is 9.73. The zero-order valence-electron chi connectivity index (χ0n) is 20.4. The van der Waals surface area contributed by atoms with E-state index in [9.17, 15) is 4.79 Å². The number of urea groups is 1. The topological polar surface area (TPSA) is 38.8 Å². The van der Waals surface area contributed by atoms with Gasteiger partial charge in [0.25, 0.3) is 5.92 Å². The molecule has 5 nitrogen and oxygen atoms in total. The number of piperazine rings is 1. The van der Waals surface area contributed by atoms with Gasteiger partial charge in [0.2, 0.25) is 0 Å². The Labute approximate surface area is 193 Å². The molecule has 2 atom stereocenters. The minimum Gasteiger partial charge on any atom is -0.328 e. The van der Waals surface area contributed by atoms with E-state index < -0.39 is 12.0 Å². The first-order valence-electron chi connectivity index (χ1n) is 13.1. The van der Waals surface area contributed by atoms with Crippen LogP contribution in [-0.2, 0) is 0 Å². The quantitative estimate of drug-likeness (QED) is 0.676. The van der Waals surface area contributed by atoms with Gasteiger partial charge in [-0.05, 0) is 63.7 Å². The Balaban J connectivity index is 1.36. The second-order valence-corrected chi connectivity index (χ2v) is 11.4. The summed E-state index contributed by atoms with van der Waals surface area (Å²) in [5.41, 5.74) is 0.306. The van der Waals surface area contributed by atoms with Crippen LogP contribution in [0.2, 0.25) is 0 Å². The van der Waals surface area contributed by atoms with Crippen molar-refractivity contribution in [1.82, 2.24) is 20.0 Å². The highest BCUT2D eigenvalue weighted by Crippen LogP contribution is 2.46. The SMILES string of the molecule is CC(C)N1CCN(C2CCCC(F)(F)C2NC(=O)N2CCC(C)(C3CCCC3)CC2)CC1. The summed E-state index contributed by atoms with van der Waals surface area (Å²) in [7, 11) is 0. The second-order valence-electron chi connectivity index (χ2n) is 11.4. The number of halogens is 2. The minimum absolute atomic E-state index is 0.125. The van der Waals surface area contributed by atoms with E-state index in [1.54, 1.807) is 4.90 Å². The molecule has 4 aliphatic rings. The third kappa shape index (κ3) is 5.08. The number of carbonyl (C=O) groups is 1. The maximum absolute atomic E-state index is 15.1. The van der Waals surface area contributed by atoms with Gasteiger partial charge in [-0.25, -0.2) is 13.6 Å². The van der Waals surface area contributed by atoms with Crippen LogP contribution in [-0.4, -0.2) is 84.0 Å². The van der Waals surface area contributed by atoms with Gasteiger partial charge < -0.3 is 10.2 Å². The van der Waals surface area contributed by atoms with Crippen LogP contribution >= 0.6 is 0 Å². The molecule has 0 radical (unpaired) electrons. The molecule has 2 heterocycles. The summed E-state index contributed by atoms with van der Waals surface area (Å²) in [5.74, 6) is -2.08. The molecular weight excluding hydrogens is 410 g/mol. The molecule has 1 N–H and O–H groups in total. The van der Waals surface area contributed by atoms with E-state index in [-0.39, 0.29) is 18.5 Å². The zero-order chi connectivity index (χ0) is 22.9. The van der Waals surface area contributed by atoms with E-state index >= 15 is 8.78 Å². The van der Waals surface area contributed by atoms with Gasteiger partial charge in [0.1, 0.15) is 6.04 Å². The standard InChI is InChI=1S/C25H44F2N4O/c1-19(2)29-15-17-30(18-16-29)21-9-6-10-25(26,27)22(21)28-23(32)31-13-11-24(3,12-14-31)20-7-4-5-8-20/h19-22H,4-18H2,1-3H3,(H,28,32). The van der Waals surface area contributed by atoms with Crippen molar-refractivity contribution in [3.8, 4) is 0 Å². The van der Waals surface area contributed by atoms with E-state index in [1.807, 2.05) is 0 Å². The molecule has 2 aliphatic carbocycles. The Morgan fingerprint density at radius 3 is 2.12 bits per heavy atom. The van der Waals surface area contributed by atoms with Crippen LogP contribution in [0.25, 0.3) is 0 Å². The van der Waals surface area contributed by atoms with Crippen molar-refractivity contribution in [3.05, 3.63) is 0 Å². The van der Waals surface area contributed by atoms with Gasteiger partial charge in [-0.15, -0.1) is 0 Å². The van der Waals surface area contributed by atoms with Gasteiger partial charge in [0, 0.05) is 57.8 Å². The number of hydrogen-bond acceptors (Lipinski definition) is 3. The molecule has 0 aromatic carbocycles. The number of rotatable bonds is 4. The van der Waals surface area contributed by atoms with Crippen molar-refractivity contribution < 1.29 is 13.6 Å². The summed E-state index contributed by atoms with van der Waals surface area (Å²) in [4.78, 5) is 19.5. The fraction of sp³-hybridized carbons (Fsp3) is 0.960. The predicted octanol–water partition coefficient (Wildman–Crippen LogP) is 4.57. The van der Waals surface area contributed by atoms with Gasteiger partial charge in [-0.2, -0.15) is 0 Å². The van der Waals surface area contributed by atoms with Gasteiger partial charge >= 0.3 is 6.03 Å². The average molecular weight is 455 g/mol. The molecule has 2 aliphatic heterocycles. The van der Waals surface area contributed by atoms with Crippen molar-refractivity contribution in [1.29, 1.82) is 0 Å². The number of piperidine rings is 1. The lowest BCUT2D eigenvalue weighted by atomic mass is 9.69. The molecule has 32 heavy (non-hydrogen) atoms. The Morgan fingerprint density at radius 1 is 0.906 bits per heavy atom. The Hall–Kier alpha value is -0.950. The fourth-order valence-corrected chi connectivity index (χ4v) is 6.81. The maximum atomic E-state index is 15.1. The molecule has 2 amide bonds. The van der Waals surface area contributed by atoms with E-state index in [0.29, 0.717) is 31.0 Å². The number of carbonyl (C=O) groups excluding carboxylic acids is 1. The smallest absolute Gasteiger partial charge is 0.317 e. The lowest BCUT2D eigenvalue weighted by Gasteiger charge is -2.48. The highest BCUT2D eigenvalue weighted by molar-refractivity contribution is 5.75. The number of nitrogens with zero attached hydrogens (tertiary/aromatic N) is 3. The molecule has 4 fully saturated rings. The van der Waals surface area contributed by atoms with Crippen molar-refractivity contribution >= 4 is 6.03 Å². The van der Waals surface area contributed by atoms with Gasteiger partial charge in [0.15, 0.2) is 0 Å². The first-order valence-corrected chi connectivity index (χ1v) is 13.1. The van der Waals surface area contributed by atoms with E-state index in [4.69, 9.17) is 0 Å². The number of amides is 2. The summed E-state index contributed by atoms with van der Waals surface area (Å²) in [6.45, 7) is 11.5. The molecule has 184 valence electrons. The number of likely N-dealkylation sites (tertiary alicyclic amines) is 1. The van der Waals surface area contributed by atoms with Crippen LogP contribution < -0.4 is 5.32 Å². The molecular formula is C25H44F2N4O. The monoisotopic (exact) mass is 454 g/mol. The lowest BCUT2D eigenvalue weighted by Crippen LogP contribution is -2.66. The largest absolute Gasteiger partial charge is 0.328 e. The lowest BCUT2D eigenvalue weighted by molar-refractivity contribution is -0.0975. The molecule has 0 aromatic rings. The summed E-state index contributed by atoms with van der Waals surface area (Å²) in [6.07, 6.45) is 8.40.